The highest BCUT2D eigenvalue weighted by Gasteiger charge is 2.35. The van der Waals surface area contributed by atoms with Crippen LogP contribution in [-0.2, 0) is 0 Å². The maximum absolute atomic E-state index is 11.9. The third-order valence-electron chi connectivity index (χ3n) is 1.74. The predicted molar refractivity (Wildman–Crippen MR) is 39.3 cm³/mol. The van der Waals surface area contributed by atoms with Gasteiger partial charge in [0, 0.05) is 0 Å². The molecular weight excluding hydrogens is 153 g/mol. The van der Waals surface area contributed by atoms with Gasteiger partial charge in [-0.25, -0.2) is 0 Å². The first kappa shape index (κ1) is 10.8. The normalized spacial score (nSPS) is 15.5. The molecule has 0 N–H and O–H groups in total. The van der Waals surface area contributed by atoms with E-state index in [0.717, 1.165) is 0 Å². The summed E-state index contributed by atoms with van der Waals surface area (Å²) in [6.07, 6.45) is -3.10. The lowest BCUT2D eigenvalue weighted by molar-refractivity contribution is -0.171. The molecule has 0 aliphatic carbocycles. The van der Waals surface area contributed by atoms with Crippen molar-refractivity contribution in [3.05, 3.63) is 0 Å². The van der Waals surface area contributed by atoms with Crippen LogP contribution in [0.15, 0.2) is 0 Å². The molecule has 11 heavy (non-hydrogen) atoms. The summed E-state index contributed by atoms with van der Waals surface area (Å²) < 4.78 is 35.7. The Kier molecular flexibility index (Phi) is 3.90. The zero-order valence-corrected chi connectivity index (χ0v) is 7.20. The van der Waals surface area contributed by atoms with Crippen molar-refractivity contribution in [3.8, 4) is 0 Å². The van der Waals surface area contributed by atoms with Crippen LogP contribution in [0.25, 0.3) is 0 Å². The van der Waals surface area contributed by atoms with Gasteiger partial charge in [0.15, 0.2) is 0 Å². The molecule has 0 saturated carbocycles. The van der Waals surface area contributed by atoms with Gasteiger partial charge >= 0.3 is 6.18 Å². The third-order valence-corrected chi connectivity index (χ3v) is 1.74. The van der Waals surface area contributed by atoms with Crippen molar-refractivity contribution in [1.29, 1.82) is 0 Å². The van der Waals surface area contributed by atoms with Gasteiger partial charge in [0.25, 0.3) is 0 Å². The summed E-state index contributed by atoms with van der Waals surface area (Å²) in [6.45, 7) is 5.11. The fraction of sp³-hybridized carbons (Fsp3) is 1.00. The minimum absolute atomic E-state index is 0.251. The van der Waals surface area contributed by atoms with Crippen LogP contribution in [0.1, 0.15) is 33.6 Å². The van der Waals surface area contributed by atoms with E-state index in [4.69, 9.17) is 0 Å². The van der Waals surface area contributed by atoms with Crippen LogP contribution in [0, 0.1) is 11.8 Å². The molecule has 0 aromatic rings. The lowest BCUT2D eigenvalue weighted by Crippen LogP contribution is -2.19. The molecule has 0 radical (unpaired) electrons. The summed E-state index contributed by atoms with van der Waals surface area (Å²) in [6, 6.07) is 0. The molecule has 0 aliphatic rings. The van der Waals surface area contributed by atoms with Crippen molar-refractivity contribution in [3.63, 3.8) is 0 Å². The van der Waals surface area contributed by atoms with E-state index in [-0.39, 0.29) is 6.42 Å². The summed E-state index contributed by atoms with van der Waals surface area (Å²) in [7, 11) is 0. The van der Waals surface area contributed by atoms with Crippen molar-refractivity contribution in [2.45, 2.75) is 39.8 Å². The third kappa shape index (κ3) is 5.10. The van der Waals surface area contributed by atoms with Gasteiger partial charge in [0.1, 0.15) is 0 Å². The summed E-state index contributed by atoms with van der Waals surface area (Å²) in [5.74, 6) is -0.787. The molecule has 0 spiro atoms. The molecule has 0 nitrogen and oxygen atoms in total. The highest BCUT2D eigenvalue weighted by atomic mass is 19.4. The van der Waals surface area contributed by atoms with Crippen molar-refractivity contribution in [2.24, 2.45) is 11.8 Å². The molecule has 0 aromatic heterocycles. The van der Waals surface area contributed by atoms with Crippen LogP contribution in [0.5, 0.6) is 0 Å². The van der Waals surface area contributed by atoms with Gasteiger partial charge in [-0.3, -0.25) is 0 Å². The average Bonchev–Trinajstić information content (AvgIpc) is 1.80. The molecule has 3 heteroatoms. The lowest BCUT2D eigenvalue weighted by atomic mass is 9.99. The molecule has 0 bridgehead atoms. The maximum Gasteiger partial charge on any atom is 0.391 e. The Labute approximate surface area is 65.8 Å². The molecular formula is C8H15F3. The molecule has 0 rings (SSSR count). The zero-order chi connectivity index (χ0) is 9.07. The molecule has 0 saturated heterocycles. The predicted octanol–water partition coefficient (Wildman–Crippen LogP) is 3.62. The Balaban J connectivity index is 3.61. The SMILES string of the molecule is CC(C)CCC(C)C(F)(F)F. The van der Waals surface area contributed by atoms with Crippen molar-refractivity contribution >= 4 is 0 Å². The summed E-state index contributed by atoms with van der Waals surface area (Å²) in [5, 5.41) is 0. The van der Waals surface area contributed by atoms with Gasteiger partial charge in [0.2, 0.25) is 0 Å². The second-order valence-corrected chi connectivity index (χ2v) is 3.41. The Hall–Kier alpha value is -0.210. The molecule has 0 aliphatic heterocycles. The van der Waals surface area contributed by atoms with Crippen LogP contribution in [0.2, 0.25) is 0 Å². The number of rotatable bonds is 3. The highest BCUT2D eigenvalue weighted by Crippen LogP contribution is 2.29. The summed E-state index contributed by atoms with van der Waals surface area (Å²) in [5.41, 5.74) is 0. The first-order chi connectivity index (χ1) is 4.84. The second kappa shape index (κ2) is 3.98. The number of halogens is 3. The van der Waals surface area contributed by atoms with Crippen molar-refractivity contribution in [2.75, 3.05) is 0 Å². The average molecular weight is 168 g/mol. The van der Waals surface area contributed by atoms with E-state index in [1.54, 1.807) is 0 Å². The van der Waals surface area contributed by atoms with Crippen LogP contribution in [-0.4, -0.2) is 6.18 Å². The van der Waals surface area contributed by atoms with E-state index >= 15 is 0 Å². The standard InChI is InChI=1S/C8H15F3/c1-6(2)4-5-7(3)8(9,10)11/h6-7H,4-5H2,1-3H3. The van der Waals surface area contributed by atoms with Gasteiger partial charge in [-0.05, 0) is 12.3 Å². The van der Waals surface area contributed by atoms with Gasteiger partial charge < -0.3 is 0 Å². The molecule has 0 aromatic carbocycles. The van der Waals surface area contributed by atoms with E-state index in [9.17, 15) is 13.2 Å². The number of alkyl halides is 3. The topological polar surface area (TPSA) is 0 Å². The molecule has 68 valence electrons. The Morgan fingerprint density at radius 1 is 1.00 bits per heavy atom. The van der Waals surface area contributed by atoms with Gasteiger partial charge in [0.05, 0.1) is 5.92 Å². The maximum atomic E-state index is 11.9. The van der Waals surface area contributed by atoms with Crippen LogP contribution >= 0.6 is 0 Å². The molecule has 0 amide bonds. The smallest absolute Gasteiger partial charge is 0.171 e. The quantitative estimate of drug-likeness (QED) is 0.603. The Morgan fingerprint density at radius 2 is 1.45 bits per heavy atom. The highest BCUT2D eigenvalue weighted by molar-refractivity contribution is 4.62. The van der Waals surface area contributed by atoms with E-state index in [2.05, 4.69) is 0 Å². The fourth-order valence-electron chi connectivity index (χ4n) is 0.747. The minimum Gasteiger partial charge on any atom is -0.171 e. The largest absolute Gasteiger partial charge is 0.391 e. The first-order valence-electron chi connectivity index (χ1n) is 3.90. The lowest BCUT2D eigenvalue weighted by Gasteiger charge is -2.15. The second-order valence-electron chi connectivity index (χ2n) is 3.41. The van der Waals surface area contributed by atoms with E-state index < -0.39 is 12.1 Å². The minimum atomic E-state index is -4.01. The number of hydrogen-bond acceptors (Lipinski definition) is 0. The molecule has 0 fully saturated rings. The van der Waals surface area contributed by atoms with E-state index in [1.807, 2.05) is 13.8 Å². The first-order valence-corrected chi connectivity index (χ1v) is 3.90. The molecule has 1 atom stereocenters. The van der Waals surface area contributed by atoms with Gasteiger partial charge in [-0.2, -0.15) is 13.2 Å². The van der Waals surface area contributed by atoms with Crippen molar-refractivity contribution < 1.29 is 13.2 Å². The van der Waals surface area contributed by atoms with Crippen molar-refractivity contribution in [1.82, 2.24) is 0 Å². The van der Waals surface area contributed by atoms with Gasteiger partial charge in [-0.15, -0.1) is 0 Å². The van der Waals surface area contributed by atoms with Crippen LogP contribution < -0.4 is 0 Å². The molecule has 0 heterocycles. The monoisotopic (exact) mass is 168 g/mol. The zero-order valence-electron chi connectivity index (χ0n) is 7.20. The summed E-state index contributed by atoms with van der Waals surface area (Å²) in [4.78, 5) is 0. The van der Waals surface area contributed by atoms with E-state index in [1.165, 1.54) is 6.92 Å². The van der Waals surface area contributed by atoms with E-state index in [0.29, 0.717) is 12.3 Å². The Bertz CT molecular complexity index is 104. The van der Waals surface area contributed by atoms with Crippen LogP contribution in [0.3, 0.4) is 0 Å². The summed E-state index contributed by atoms with van der Waals surface area (Å²) >= 11 is 0. The van der Waals surface area contributed by atoms with Gasteiger partial charge in [-0.1, -0.05) is 27.2 Å². The number of hydrogen-bond donors (Lipinski definition) is 0. The van der Waals surface area contributed by atoms with Crippen LogP contribution in [0.4, 0.5) is 13.2 Å². The fourth-order valence-corrected chi connectivity index (χ4v) is 0.747. The Morgan fingerprint density at radius 3 is 1.73 bits per heavy atom. The molecule has 1 unspecified atom stereocenters.